The fraction of sp³-hybridized carbons (Fsp3) is 0.667. The second kappa shape index (κ2) is 4.26. The van der Waals surface area contributed by atoms with Gasteiger partial charge in [0.05, 0.1) is 6.54 Å². The molecule has 68 valence electrons. The van der Waals surface area contributed by atoms with E-state index in [0.29, 0.717) is 0 Å². The Bertz CT molecular complexity index is 227. The van der Waals surface area contributed by atoms with Crippen LogP contribution in [0, 0.1) is 0 Å². The molecule has 1 aromatic heterocycles. The molecule has 0 fully saturated rings. The molecule has 0 aromatic carbocycles. The first-order valence-corrected chi connectivity index (χ1v) is 4.50. The van der Waals surface area contributed by atoms with Crippen LogP contribution in [0.25, 0.3) is 0 Å². The van der Waals surface area contributed by atoms with Crippen LogP contribution in [0.3, 0.4) is 0 Å². The maximum atomic E-state index is 5.69. The van der Waals surface area contributed by atoms with Crippen molar-refractivity contribution in [2.45, 2.75) is 39.3 Å². The van der Waals surface area contributed by atoms with Crippen molar-refractivity contribution in [1.82, 2.24) is 9.78 Å². The zero-order valence-corrected chi connectivity index (χ0v) is 7.83. The van der Waals surface area contributed by atoms with E-state index < -0.39 is 0 Å². The van der Waals surface area contributed by atoms with E-state index in [-0.39, 0.29) is 6.04 Å². The van der Waals surface area contributed by atoms with Gasteiger partial charge in [-0.25, -0.2) is 0 Å². The lowest BCUT2D eigenvalue weighted by atomic mass is 10.2. The van der Waals surface area contributed by atoms with Crippen LogP contribution in [0.4, 0.5) is 0 Å². The van der Waals surface area contributed by atoms with Crippen molar-refractivity contribution in [3.63, 3.8) is 0 Å². The molecule has 12 heavy (non-hydrogen) atoms. The zero-order chi connectivity index (χ0) is 8.97. The van der Waals surface area contributed by atoms with Gasteiger partial charge in [-0.1, -0.05) is 13.3 Å². The van der Waals surface area contributed by atoms with Crippen molar-refractivity contribution in [3.05, 3.63) is 18.0 Å². The molecule has 1 heterocycles. The van der Waals surface area contributed by atoms with Crippen molar-refractivity contribution in [2.24, 2.45) is 5.73 Å². The normalized spacial score (nSPS) is 13.2. The summed E-state index contributed by atoms with van der Waals surface area (Å²) >= 11 is 0. The lowest BCUT2D eigenvalue weighted by molar-refractivity contribution is 0.517. The van der Waals surface area contributed by atoms with Crippen LogP contribution >= 0.6 is 0 Å². The molecule has 3 nitrogen and oxygen atoms in total. The standard InChI is InChI=1S/C9H17N3/c1-3-4-9-5-6-11-12(9)7-8(2)10/h5-6,8H,3-4,7,10H2,1-2H3. The predicted molar refractivity (Wildman–Crippen MR) is 49.9 cm³/mol. The minimum Gasteiger partial charge on any atom is -0.326 e. The molecule has 0 bridgehead atoms. The Hall–Kier alpha value is -0.830. The molecule has 2 N–H and O–H groups in total. The van der Waals surface area contributed by atoms with E-state index in [2.05, 4.69) is 18.1 Å². The number of aromatic nitrogens is 2. The molecule has 0 saturated heterocycles. The quantitative estimate of drug-likeness (QED) is 0.732. The monoisotopic (exact) mass is 167 g/mol. The molecule has 0 amide bonds. The number of aryl methyl sites for hydroxylation is 1. The molecule has 0 radical (unpaired) electrons. The van der Waals surface area contributed by atoms with Crippen molar-refractivity contribution in [1.29, 1.82) is 0 Å². The Morgan fingerprint density at radius 1 is 1.67 bits per heavy atom. The van der Waals surface area contributed by atoms with Crippen LogP contribution in [0.15, 0.2) is 12.3 Å². The number of hydrogen-bond acceptors (Lipinski definition) is 2. The average molecular weight is 167 g/mol. The van der Waals surface area contributed by atoms with Crippen molar-refractivity contribution in [2.75, 3.05) is 0 Å². The van der Waals surface area contributed by atoms with Gasteiger partial charge < -0.3 is 5.73 Å². The molecule has 0 aliphatic heterocycles. The molecule has 1 aromatic rings. The second-order valence-corrected chi connectivity index (χ2v) is 3.23. The summed E-state index contributed by atoms with van der Waals surface area (Å²) in [5.41, 5.74) is 6.97. The highest BCUT2D eigenvalue weighted by atomic mass is 15.3. The van der Waals surface area contributed by atoms with Gasteiger partial charge in [-0.3, -0.25) is 4.68 Å². The van der Waals surface area contributed by atoms with Gasteiger partial charge in [-0.15, -0.1) is 0 Å². The zero-order valence-electron chi connectivity index (χ0n) is 7.83. The summed E-state index contributed by atoms with van der Waals surface area (Å²) in [6.07, 6.45) is 4.09. The Morgan fingerprint density at radius 2 is 2.42 bits per heavy atom. The molecule has 0 spiro atoms. The summed E-state index contributed by atoms with van der Waals surface area (Å²) in [5, 5.41) is 4.21. The minimum absolute atomic E-state index is 0.181. The summed E-state index contributed by atoms with van der Waals surface area (Å²) in [5.74, 6) is 0. The Labute approximate surface area is 73.6 Å². The third-order valence-corrected chi connectivity index (χ3v) is 1.77. The highest BCUT2D eigenvalue weighted by molar-refractivity contribution is 5.00. The summed E-state index contributed by atoms with van der Waals surface area (Å²) in [7, 11) is 0. The average Bonchev–Trinajstić information content (AvgIpc) is 2.37. The fourth-order valence-corrected chi connectivity index (χ4v) is 1.27. The van der Waals surface area contributed by atoms with E-state index in [1.165, 1.54) is 5.69 Å². The molecule has 0 aliphatic carbocycles. The maximum Gasteiger partial charge on any atom is 0.0561 e. The van der Waals surface area contributed by atoms with E-state index in [0.717, 1.165) is 19.4 Å². The van der Waals surface area contributed by atoms with Crippen LogP contribution in [-0.2, 0) is 13.0 Å². The SMILES string of the molecule is CCCc1ccnn1CC(C)N. The van der Waals surface area contributed by atoms with E-state index in [1.807, 2.05) is 17.8 Å². The minimum atomic E-state index is 0.181. The van der Waals surface area contributed by atoms with Crippen molar-refractivity contribution >= 4 is 0 Å². The second-order valence-electron chi connectivity index (χ2n) is 3.23. The van der Waals surface area contributed by atoms with Gasteiger partial charge in [0.2, 0.25) is 0 Å². The highest BCUT2D eigenvalue weighted by Crippen LogP contribution is 2.02. The topological polar surface area (TPSA) is 43.8 Å². The smallest absolute Gasteiger partial charge is 0.0561 e. The summed E-state index contributed by atoms with van der Waals surface area (Å²) in [4.78, 5) is 0. The van der Waals surface area contributed by atoms with Gasteiger partial charge >= 0.3 is 0 Å². The summed E-state index contributed by atoms with van der Waals surface area (Å²) in [6, 6.07) is 2.24. The predicted octanol–water partition coefficient (Wildman–Crippen LogP) is 1.18. The Balaban J connectivity index is 2.63. The lowest BCUT2D eigenvalue weighted by Gasteiger charge is -2.08. The lowest BCUT2D eigenvalue weighted by Crippen LogP contribution is -2.23. The van der Waals surface area contributed by atoms with Crippen LogP contribution in [0.2, 0.25) is 0 Å². The van der Waals surface area contributed by atoms with Crippen LogP contribution < -0.4 is 5.73 Å². The van der Waals surface area contributed by atoms with Gasteiger partial charge in [-0.05, 0) is 19.4 Å². The van der Waals surface area contributed by atoms with Gasteiger partial charge in [-0.2, -0.15) is 5.10 Å². The summed E-state index contributed by atoms with van der Waals surface area (Å²) in [6.45, 7) is 4.99. The number of nitrogens with two attached hydrogens (primary N) is 1. The van der Waals surface area contributed by atoms with Crippen LogP contribution in [0.5, 0.6) is 0 Å². The van der Waals surface area contributed by atoms with Crippen molar-refractivity contribution < 1.29 is 0 Å². The van der Waals surface area contributed by atoms with Gasteiger partial charge in [0.1, 0.15) is 0 Å². The first-order valence-electron chi connectivity index (χ1n) is 4.50. The maximum absolute atomic E-state index is 5.69. The molecular formula is C9H17N3. The number of rotatable bonds is 4. The molecule has 1 atom stereocenters. The molecule has 0 saturated carbocycles. The first-order chi connectivity index (χ1) is 5.74. The van der Waals surface area contributed by atoms with Gasteiger partial charge in [0.25, 0.3) is 0 Å². The van der Waals surface area contributed by atoms with E-state index in [9.17, 15) is 0 Å². The Kier molecular flexibility index (Phi) is 3.29. The number of nitrogens with zero attached hydrogens (tertiary/aromatic N) is 2. The Morgan fingerprint density at radius 3 is 3.00 bits per heavy atom. The van der Waals surface area contributed by atoms with Crippen LogP contribution in [-0.4, -0.2) is 15.8 Å². The van der Waals surface area contributed by atoms with E-state index >= 15 is 0 Å². The summed E-state index contributed by atoms with van der Waals surface area (Å²) < 4.78 is 1.99. The molecule has 1 unspecified atom stereocenters. The van der Waals surface area contributed by atoms with Gasteiger partial charge in [0, 0.05) is 17.9 Å². The van der Waals surface area contributed by atoms with E-state index in [1.54, 1.807) is 0 Å². The molecule has 1 rings (SSSR count). The fourth-order valence-electron chi connectivity index (χ4n) is 1.27. The molecular weight excluding hydrogens is 150 g/mol. The van der Waals surface area contributed by atoms with Gasteiger partial charge in [0.15, 0.2) is 0 Å². The highest BCUT2D eigenvalue weighted by Gasteiger charge is 2.02. The van der Waals surface area contributed by atoms with E-state index in [4.69, 9.17) is 5.73 Å². The molecule has 0 aliphatic rings. The van der Waals surface area contributed by atoms with Crippen molar-refractivity contribution in [3.8, 4) is 0 Å². The number of hydrogen-bond donors (Lipinski definition) is 1. The largest absolute Gasteiger partial charge is 0.326 e. The third-order valence-electron chi connectivity index (χ3n) is 1.77. The molecule has 3 heteroatoms. The van der Waals surface area contributed by atoms with Crippen LogP contribution in [0.1, 0.15) is 26.0 Å². The third kappa shape index (κ3) is 2.34. The first kappa shape index (κ1) is 9.26.